The molecule has 1 fully saturated rings. The molecule has 0 amide bonds. The van der Waals surface area contributed by atoms with E-state index in [-0.39, 0.29) is 5.54 Å². The zero-order chi connectivity index (χ0) is 11.6. The van der Waals surface area contributed by atoms with Gasteiger partial charge in [-0.25, -0.2) is 4.79 Å². The fraction of sp³-hybridized carbons (Fsp3) is 0.462. The van der Waals surface area contributed by atoms with Crippen molar-refractivity contribution >= 4 is 22.0 Å². The Bertz CT molecular complexity index is 443. The minimum atomic E-state index is -0.327. The fourth-order valence-corrected chi connectivity index (χ4v) is 3.13. The van der Waals surface area contributed by atoms with Gasteiger partial charge in [0.05, 0.1) is 5.54 Å². The van der Waals surface area contributed by atoms with E-state index in [0.717, 1.165) is 35.7 Å². The molecule has 2 nitrogen and oxygen atoms in total. The van der Waals surface area contributed by atoms with Crippen LogP contribution in [0.15, 0.2) is 27.7 Å². The summed E-state index contributed by atoms with van der Waals surface area (Å²) in [5.41, 5.74) is 1.99. The molecule has 3 heteroatoms. The first-order valence-electron chi connectivity index (χ1n) is 5.54. The Morgan fingerprint density at radius 2 is 2.06 bits per heavy atom. The number of benzene rings is 1. The van der Waals surface area contributed by atoms with E-state index >= 15 is 0 Å². The van der Waals surface area contributed by atoms with Gasteiger partial charge in [0.25, 0.3) is 0 Å². The van der Waals surface area contributed by atoms with Crippen molar-refractivity contribution in [3.8, 4) is 0 Å². The summed E-state index contributed by atoms with van der Waals surface area (Å²) in [7, 11) is 0. The van der Waals surface area contributed by atoms with Crippen LogP contribution in [0.3, 0.4) is 0 Å². The van der Waals surface area contributed by atoms with E-state index in [2.05, 4.69) is 40.0 Å². The SMILES string of the molecule is Cc1cccc(C2(N=C=O)CCCC2)c1Br. The van der Waals surface area contributed by atoms with Crippen molar-refractivity contribution in [2.75, 3.05) is 0 Å². The summed E-state index contributed by atoms with van der Waals surface area (Å²) in [4.78, 5) is 14.7. The van der Waals surface area contributed by atoms with Gasteiger partial charge in [-0.15, -0.1) is 0 Å². The molecule has 1 aromatic rings. The van der Waals surface area contributed by atoms with Gasteiger partial charge in [0, 0.05) is 4.47 Å². The average Bonchev–Trinajstić information content (AvgIpc) is 2.72. The summed E-state index contributed by atoms with van der Waals surface area (Å²) < 4.78 is 1.08. The maximum absolute atomic E-state index is 10.6. The van der Waals surface area contributed by atoms with Gasteiger partial charge in [-0.2, -0.15) is 4.99 Å². The second-order valence-electron chi connectivity index (χ2n) is 4.38. The van der Waals surface area contributed by atoms with E-state index in [0.29, 0.717) is 0 Å². The molecule has 0 bridgehead atoms. The molecule has 0 atom stereocenters. The fourth-order valence-electron chi connectivity index (χ4n) is 2.50. The molecule has 0 spiro atoms. The Hall–Kier alpha value is -0.920. The summed E-state index contributed by atoms with van der Waals surface area (Å²) in [6, 6.07) is 6.14. The Morgan fingerprint density at radius 1 is 1.38 bits per heavy atom. The highest BCUT2D eigenvalue weighted by Crippen LogP contribution is 2.45. The van der Waals surface area contributed by atoms with Crippen molar-refractivity contribution < 1.29 is 4.79 Å². The van der Waals surface area contributed by atoms with Gasteiger partial charge in [-0.05, 0) is 30.9 Å². The Balaban J connectivity index is 2.55. The van der Waals surface area contributed by atoms with Gasteiger partial charge >= 0.3 is 0 Å². The van der Waals surface area contributed by atoms with Crippen molar-refractivity contribution in [1.82, 2.24) is 0 Å². The molecule has 16 heavy (non-hydrogen) atoms. The third kappa shape index (κ3) is 1.85. The van der Waals surface area contributed by atoms with Crippen molar-refractivity contribution in [2.45, 2.75) is 38.1 Å². The number of carbonyl (C=O) groups excluding carboxylic acids is 1. The standard InChI is InChI=1S/C13H14BrNO/c1-10-5-4-6-11(12(10)14)13(15-9-16)7-2-3-8-13/h4-6H,2-3,7-8H2,1H3. The molecule has 1 aliphatic rings. The third-order valence-corrected chi connectivity index (χ3v) is 4.44. The topological polar surface area (TPSA) is 29.4 Å². The van der Waals surface area contributed by atoms with E-state index in [1.54, 1.807) is 6.08 Å². The molecular weight excluding hydrogens is 266 g/mol. The molecule has 0 heterocycles. The van der Waals surface area contributed by atoms with Crippen LogP contribution in [-0.2, 0) is 10.3 Å². The number of hydrogen-bond acceptors (Lipinski definition) is 2. The highest BCUT2D eigenvalue weighted by atomic mass is 79.9. The number of aryl methyl sites for hydroxylation is 1. The summed E-state index contributed by atoms with van der Waals surface area (Å²) in [5.74, 6) is 0. The van der Waals surface area contributed by atoms with E-state index in [1.165, 1.54) is 5.56 Å². The number of nitrogens with zero attached hydrogens (tertiary/aromatic N) is 1. The summed E-state index contributed by atoms with van der Waals surface area (Å²) >= 11 is 3.61. The highest BCUT2D eigenvalue weighted by molar-refractivity contribution is 9.10. The highest BCUT2D eigenvalue weighted by Gasteiger charge is 2.37. The first kappa shape index (κ1) is 11.6. The van der Waals surface area contributed by atoms with Gasteiger partial charge in [-0.1, -0.05) is 47.0 Å². The van der Waals surface area contributed by atoms with Gasteiger partial charge in [0.2, 0.25) is 6.08 Å². The lowest BCUT2D eigenvalue weighted by Crippen LogP contribution is -2.19. The van der Waals surface area contributed by atoms with E-state index in [4.69, 9.17) is 0 Å². The van der Waals surface area contributed by atoms with Crippen LogP contribution in [0, 0.1) is 6.92 Å². The molecule has 1 saturated carbocycles. The number of hydrogen-bond donors (Lipinski definition) is 0. The predicted molar refractivity (Wildman–Crippen MR) is 67.1 cm³/mol. The van der Waals surface area contributed by atoms with Crippen LogP contribution in [0.2, 0.25) is 0 Å². The molecule has 1 aromatic carbocycles. The maximum Gasteiger partial charge on any atom is 0.235 e. The summed E-state index contributed by atoms with van der Waals surface area (Å²) in [6.07, 6.45) is 5.91. The Labute approximate surface area is 104 Å². The van der Waals surface area contributed by atoms with Crippen LogP contribution in [0.4, 0.5) is 0 Å². The first-order valence-corrected chi connectivity index (χ1v) is 6.33. The molecule has 84 valence electrons. The van der Waals surface area contributed by atoms with E-state index < -0.39 is 0 Å². The van der Waals surface area contributed by atoms with Crippen LogP contribution in [0.1, 0.15) is 36.8 Å². The molecule has 0 aromatic heterocycles. The number of halogens is 1. The average molecular weight is 280 g/mol. The normalized spacial score (nSPS) is 18.1. The van der Waals surface area contributed by atoms with Gasteiger partial charge in [-0.3, -0.25) is 0 Å². The predicted octanol–water partition coefficient (Wildman–Crippen LogP) is 3.86. The third-order valence-electron chi connectivity index (χ3n) is 3.38. The van der Waals surface area contributed by atoms with Gasteiger partial charge in [0.1, 0.15) is 0 Å². The smallest absolute Gasteiger partial charge is 0.211 e. The number of rotatable bonds is 2. The second kappa shape index (κ2) is 4.52. The zero-order valence-corrected chi connectivity index (χ0v) is 10.9. The Morgan fingerprint density at radius 3 is 2.69 bits per heavy atom. The quantitative estimate of drug-likeness (QED) is 0.597. The lowest BCUT2D eigenvalue weighted by Gasteiger charge is -2.24. The lowest BCUT2D eigenvalue weighted by atomic mass is 9.88. The minimum Gasteiger partial charge on any atom is -0.211 e. The molecule has 0 unspecified atom stereocenters. The van der Waals surface area contributed by atoms with Crippen molar-refractivity contribution in [1.29, 1.82) is 0 Å². The van der Waals surface area contributed by atoms with Crippen molar-refractivity contribution in [3.63, 3.8) is 0 Å². The largest absolute Gasteiger partial charge is 0.235 e. The maximum atomic E-state index is 10.6. The van der Waals surface area contributed by atoms with Crippen LogP contribution in [-0.4, -0.2) is 6.08 Å². The van der Waals surface area contributed by atoms with Gasteiger partial charge < -0.3 is 0 Å². The van der Waals surface area contributed by atoms with Gasteiger partial charge in [0.15, 0.2) is 0 Å². The summed E-state index contributed by atoms with van der Waals surface area (Å²) in [6.45, 7) is 2.06. The van der Waals surface area contributed by atoms with Crippen LogP contribution in [0.25, 0.3) is 0 Å². The van der Waals surface area contributed by atoms with Crippen LogP contribution in [0.5, 0.6) is 0 Å². The minimum absolute atomic E-state index is 0.327. The van der Waals surface area contributed by atoms with Crippen LogP contribution >= 0.6 is 15.9 Å². The monoisotopic (exact) mass is 279 g/mol. The lowest BCUT2D eigenvalue weighted by molar-refractivity contribution is 0.453. The molecular formula is C13H14BrNO. The van der Waals surface area contributed by atoms with Crippen molar-refractivity contribution in [2.24, 2.45) is 4.99 Å². The Kier molecular flexibility index (Phi) is 3.27. The van der Waals surface area contributed by atoms with Crippen LogP contribution < -0.4 is 0 Å². The second-order valence-corrected chi connectivity index (χ2v) is 5.17. The number of isocyanates is 1. The van der Waals surface area contributed by atoms with E-state index in [9.17, 15) is 4.79 Å². The number of aliphatic imine (C=N–C) groups is 1. The molecule has 0 radical (unpaired) electrons. The van der Waals surface area contributed by atoms with E-state index in [1.807, 2.05) is 6.07 Å². The summed E-state index contributed by atoms with van der Waals surface area (Å²) in [5, 5.41) is 0. The molecule has 0 aliphatic heterocycles. The first-order chi connectivity index (χ1) is 7.69. The molecule has 0 N–H and O–H groups in total. The molecule has 2 rings (SSSR count). The molecule has 0 saturated heterocycles. The van der Waals surface area contributed by atoms with Crippen molar-refractivity contribution in [3.05, 3.63) is 33.8 Å². The zero-order valence-electron chi connectivity index (χ0n) is 9.29. The molecule has 1 aliphatic carbocycles.